The van der Waals surface area contributed by atoms with Crippen molar-refractivity contribution in [3.63, 3.8) is 0 Å². The summed E-state index contributed by atoms with van der Waals surface area (Å²) in [6, 6.07) is 0. The first-order valence-electron chi connectivity index (χ1n) is 5.41. The van der Waals surface area contributed by atoms with Crippen molar-refractivity contribution < 1.29 is 14.3 Å². The van der Waals surface area contributed by atoms with Crippen LogP contribution in [0.4, 0.5) is 4.79 Å². The molecule has 0 saturated carbocycles. The van der Waals surface area contributed by atoms with Gasteiger partial charge in [0.25, 0.3) is 0 Å². The predicted molar refractivity (Wildman–Crippen MR) is 60.0 cm³/mol. The summed E-state index contributed by atoms with van der Waals surface area (Å²) in [5, 5.41) is 2.64. The molecule has 92 valence electrons. The highest BCUT2D eigenvalue weighted by Gasteiger charge is 2.43. The number of alkyl carbamates (subject to hydrolysis) is 1. The zero-order chi connectivity index (χ0) is 12.6. The van der Waals surface area contributed by atoms with E-state index in [0.717, 1.165) is 0 Å². The first-order valence-corrected chi connectivity index (χ1v) is 5.41. The zero-order valence-corrected chi connectivity index (χ0v) is 10.6. The van der Waals surface area contributed by atoms with Gasteiger partial charge in [0.15, 0.2) is 0 Å². The normalized spacial score (nSPS) is 25.8. The van der Waals surface area contributed by atoms with Gasteiger partial charge in [0.1, 0.15) is 11.1 Å². The lowest BCUT2D eigenvalue weighted by molar-refractivity contribution is -0.131. The number of likely N-dealkylation sites (tertiary alicyclic amines) is 1. The molecule has 0 aromatic rings. The maximum Gasteiger partial charge on any atom is 0.408 e. The minimum atomic E-state index is -0.822. The number of hydrogen-bond donors (Lipinski definition) is 1. The van der Waals surface area contributed by atoms with Crippen molar-refractivity contribution in [3.8, 4) is 0 Å². The van der Waals surface area contributed by atoms with Crippen LogP contribution in [0.2, 0.25) is 0 Å². The number of hydrogen-bond acceptors (Lipinski definition) is 3. The van der Waals surface area contributed by atoms with Crippen LogP contribution in [0.25, 0.3) is 0 Å². The summed E-state index contributed by atoms with van der Waals surface area (Å²) in [6.45, 7) is 7.75. The molecule has 1 saturated heterocycles. The molecule has 0 aliphatic carbocycles. The summed E-state index contributed by atoms with van der Waals surface area (Å²) in [7, 11) is 1.73. The molecule has 5 nitrogen and oxygen atoms in total. The minimum absolute atomic E-state index is 0.0710. The van der Waals surface area contributed by atoms with Gasteiger partial charge in [-0.05, 0) is 34.1 Å². The van der Waals surface area contributed by atoms with Gasteiger partial charge in [0.2, 0.25) is 5.91 Å². The number of amides is 2. The molecule has 0 radical (unpaired) electrons. The molecule has 5 heteroatoms. The summed E-state index contributed by atoms with van der Waals surface area (Å²) in [5.41, 5.74) is -1.37. The van der Waals surface area contributed by atoms with Gasteiger partial charge >= 0.3 is 6.09 Å². The number of carbonyl (C=O) groups excluding carboxylic acids is 2. The summed E-state index contributed by atoms with van der Waals surface area (Å²) in [4.78, 5) is 25.0. The highest BCUT2D eigenvalue weighted by molar-refractivity contribution is 5.91. The second-order valence-corrected chi connectivity index (χ2v) is 5.44. The highest BCUT2D eigenvalue weighted by atomic mass is 16.6. The number of ether oxygens (including phenoxy) is 1. The van der Waals surface area contributed by atoms with E-state index in [9.17, 15) is 9.59 Å². The first-order chi connectivity index (χ1) is 7.14. The van der Waals surface area contributed by atoms with Crippen molar-refractivity contribution in [3.05, 3.63) is 0 Å². The second kappa shape index (κ2) is 3.96. The average Bonchev–Trinajstić information content (AvgIpc) is 2.30. The molecular weight excluding hydrogens is 208 g/mol. The largest absolute Gasteiger partial charge is 0.444 e. The third kappa shape index (κ3) is 2.87. The molecular formula is C11H20N2O3. The summed E-state index contributed by atoms with van der Waals surface area (Å²) in [6.07, 6.45) is 0.0698. The second-order valence-electron chi connectivity index (χ2n) is 5.44. The van der Waals surface area contributed by atoms with Crippen LogP contribution >= 0.6 is 0 Å². The molecule has 0 spiro atoms. The van der Waals surface area contributed by atoms with Crippen molar-refractivity contribution >= 4 is 12.0 Å². The molecule has 1 N–H and O–H groups in total. The summed E-state index contributed by atoms with van der Waals surface area (Å²) < 4.78 is 5.13. The van der Waals surface area contributed by atoms with E-state index < -0.39 is 17.2 Å². The molecule has 1 atom stereocenters. The Hall–Kier alpha value is -1.26. The Labute approximate surface area is 96.1 Å². The van der Waals surface area contributed by atoms with E-state index in [4.69, 9.17) is 4.74 Å². The number of rotatable bonds is 1. The zero-order valence-electron chi connectivity index (χ0n) is 10.6. The lowest BCUT2D eigenvalue weighted by atomic mass is 10.0. The molecule has 1 fully saturated rings. The fourth-order valence-electron chi connectivity index (χ4n) is 1.67. The van der Waals surface area contributed by atoms with Gasteiger partial charge in [-0.25, -0.2) is 4.79 Å². The van der Waals surface area contributed by atoms with E-state index in [0.29, 0.717) is 13.0 Å². The van der Waals surface area contributed by atoms with E-state index in [-0.39, 0.29) is 5.91 Å². The van der Waals surface area contributed by atoms with Gasteiger partial charge in [-0.1, -0.05) is 0 Å². The summed E-state index contributed by atoms with van der Waals surface area (Å²) >= 11 is 0. The molecule has 1 aliphatic heterocycles. The smallest absolute Gasteiger partial charge is 0.408 e. The van der Waals surface area contributed by atoms with Crippen LogP contribution in [-0.2, 0) is 9.53 Å². The Kier molecular flexibility index (Phi) is 3.17. The van der Waals surface area contributed by atoms with Crippen LogP contribution in [0.3, 0.4) is 0 Å². The van der Waals surface area contributed by atoms with Crippen molar-refractivity contribution in [2.45, 2.75) is 45.3 Å². The van der Waals surface area contributed by atoms with Crippen molar-refractivity contribution in [2.75, 3.05) is 13.6 Å². The molecule has 1 rings (SSSR count). The fourth-order valence-corrected chi connectivity index (χ4v) is 1.67. The molecule has 0 aromatic carbocycles. The number of likely N-dealkylation sites (N-methyl/N-ethyl adjacent to an activating group) is 1. The maximum atomic E-state index is 11.8. The lowest BCUT2D eigenvalue weighted by Gasteiger charge is -2.26. The van der Waals surface area contributed by atoms with Crippen LogP contribution < -0.4 is 5.32 Å². The minimum Gasteiger partial charge on any atom is -0.444 e. The Balaban J connectivity index is 2.61. The quantitative estimate of drug-likeness (QED) is 0.732. The van der Waals surface area contributed by atoms with Crippen LogP contribution in [0.1, 0.15) is 34.1 Å². The Morgan fingerprint density at radius 2 is 2.06 bits per heavy atom. The van der Waals surface area contributed by atoms with E-state index >= 15 is 0 Å². The number of nitrogens with zero attached hydrogens (tertiary/aromatic N) is 1. The topological polar surface area (TPSA) is 58.6 Å². The molecule has 16 heavy (non-hydrogen) atoms. The van der Waals surface area contributed by atoms with Gasteiger partial charge in [0.05, 0.1) is 0 Å². The molecule has 1 aliphatic rings. The SMILES string of the molecule is CN1CC[C@@](C)(NC(=O)OC(C)(C)C)C1=O. The lowest BCUT2D eigenvalue weighted by Crippen LogP contribution is -2.52. The standard InChI is InChI=1S/C11H20N2O3/c1-10(2,3)16-9(15)12-11(4)6-7-13(5)8(11)14/h6-7H2,1-5H3,(H,12,15)/t11-/m1/s1. The Morgan fingerprint density at radius 1 is 1.50 bits per heavy atom. The molecule has 0 unspecified atom stereocenters. The fraction of sp³-hybridized carbons (Fsp3) is 0.818. The number of nitrogens with one attached hydrogen (secondary N) is 1. The molecule has 2 amide bonds. The summed E-state index contributed by atoms with van der Waals surface area (Å²) in [5.74, 6) is -0.0710. The van der Waals surface area contributed by atoms with Crippen LogP contribution in [0.5, 0.6) is 0 Å². The predicted octanol–water partition coefficient (Wildman–Crippen LogP) is 1.13. The van der Waals surface area contributed by atoms with Crippen molar-refractivity contribution in [1.29, 1.82) is 0 Å². The van der Waals surface area contributed by atoms with Gasteiger partial charge < -0.3 is 15.0 Å². The van der Waals surface area contributed by atoms with Crippen molar-refractivity contribution in [2.24, 2.45) is 0 Å². The molecule has 0 bridgehead atoms. The third-order valence-corrected chi connectivity index (χ3v) is 2.54. The van der Waals surface area contributed by atoms with Crippen LogP contribution in [0.15, 0.2) is 0 Å². The monoisotopic (exact) mass is 228 g/mol. The van der Waals surface area contributed by atoms with E-state index in [2.05, 4.69) is 5.32 Å². The first kappa shape index (κ1) is 12.8. The van der Waals surface area contributed by atoms with Gasteiger partial charge in [-0.2, -0.15) is 0 Å². The van der Waals surface area contributed by atoms with E-state index in [1.165, 1.54) is 0 Å². The maximum absolute atomic E-state index is 11.8. The van der Waals surface area contributed by atoms with Gasteiger partial charge in [-0.3, -0.25) is 4.79 Å². The van der Waals surface area contributed by atoms with Gasteiger partial charge in [0, 0.05) is 13.6 Å². The van der Waals surface area contributed by atoms with Crippen LogP contribution in [0, 0.1) is 0 Å². The Bertz CT molecular complexity index is 309. The van der Waals surface area contributed by atoms with E-state index in [1.807, 2.05) is 0 Å². The molecule has 0 aromatic heterocycles. The molecule has 1 heterocycles. The number of carbonyl (C=O) groups is 2. The van der Waals surface area contributed by atoms with Crippen molar-refractivity contribution in [1.82, 2.24) is 10.2 Å². The Morgan fingerprint density at radius 3 is 2.44 bits per heavy atom. The third-order valence-electron chi connectivity index (χ3n) is 2.54. The average molecular weight is 228 g/mol. The highest BCUT2D eigenvalue weighted by Crippen LogP contribution is 2.21. The van der Waals surface area contributed by atoms with Crippen LogP contribution in [-0.4, -0.2) is 41.6 Å². The van der Waals surface area contributed by atoms with Gasteiger partial charge in [-0.15, -0.1) is 0 Å². The van der Waals surface area contributed by atoms with E-state index in [1.54, 1.807) is 39.6 Å².